The van der Waals surface area contributed by atoms with Gasteiger partial charge in [-0.15, -0.1) is 0 Å². The quantitative estimate of drug-likeness (QED) is 0.840. The maximum Gasteiger partial charge on any atom is 0.220 e. The average Bonchev–Trinajstić information content (AvgIpc) is 2.84. The van der Waals surface area contributed by atoms with E-state index in [9.17, 15) is 9.90 Å². The molecule has 126 valence electrons. The normalized spacial score (nSPS) is 24.4. The smallest absolute Gasteiger partial charge is 0.220 e. The fourth-order valence-electron chi connectivity index (χ4n) is 3.50. The summed E-state index contributed by atoms with van der Waals surface area (Å²) in [5.74, 6) is 0.0894. The van der Waals surface area contributed by atoms with E-state index in [2.05, 4.69) is 28.4 Å². The van der Waals surface area contributed by atoms with Crippen LogP contribution in [-0.4, -0.2) is 55.3 Å². The Kier molecular flexibility index (Phi) is 5.30. The number of hydrogen-bond acceptors (Lipinski definition) is 4. The van der Waals surface area contributed by atoms with Gasteiger partial charge < -0.3 is 20.1 Å². The summed E-state index contributed by atoms with van der Waals surface area (Å²) >= 11 is 0. The van der Waals surface area contributed by atoms with Crippen LogP contribution in [-0.2, 0) is 29.0 Å². The van der Waals surface area contributed by atoms with Crippen molar-refractivity contribution in [2.45, 2.75) is 32.0 Å². The summed E-state index contributed by atoms with van der Waals surface area (Å²) in [6.07, 6.45) is 1.84. The van der Waals surface area contributed by atoms with Crippen molar-refractivity contribution in [2.75, 3.05) is 33.3 Å². The van der Waals surface area contributed by atoms with E-state index in [1.54, 1.807) is 0 Å². The van der Waals surface area contributed by atoms with Gasteiger partial charge in [0.2, 0.25) is 5.91 Å². The number of β-amino-alcohol motifs (C(OH)–C–C–N with tert-alkyl or cyclic N) is 1. The second-order valence-corrected chi connectivity index (χ2v) is 6.76. The molecule has 0 unspecified atom stereocenters. The molecule has 5 nitrogen and oxygen atoms in total. The molecule has 2 aliphatic heterocycles. The van der Waals surface area contributed by atoms with E-state index < -0.39 is 0 Å². The summed E-state index contributed by atoms with van der Waals surface area (Å²) in [6, 6.07) is 6.52. The zero-order valence-electron chi connectivity index (χ0n) is 13.8. The first-order valence-electron chi connectivity index (χ1n) is 8.43. The number of aliphatic hydroxyl groups excluding tert-OH is 1. The van der Waals surface area contributed by atoms with E-state index in [4.69, 9.17) is 4.74 Å². The highest BCUT2D eigenvalue weighted by molar-refractivity contribution is 5.76. The average molecular weight is 318 g/mol. The molecule has 1 fully saturated rings. The summed E-state index contributed by atoms with van der Waals surface area (Å²) < 4.78 is 5.49. The van der Waals surface area contributed by atoms with Gasteiger partial charge in [0.05, 0.1) is 19.3 Å². The van der Waals surface area contributed by atoms with E-state index >= 15 is 0 Å². The maximum absolute atomic E-state index is 12.0. The number of amides is 1. The minimum Gasteiger partial charge on any atom is -0.391 e. The lowest BCUT2D eigenvalue weighted by Gasteiger charge is -2.17. The summed E-state index contributed by atoms with van der Waals surface area (Å²) in [5.41, 5.74) is 3.88. The fraction of sp³-hybridized carbons (Fsp3) is 0.611. The number of fused-ring (bicyclic) bond motifs is 1. The van der Waals surface area contributed by atoms with Crippen LogP contribution in [0.25, 0.3) is 0 Å². The predicted molar refractivity (Wildman–Crippen MR) is 88.1 cm³/mol. The van der Waals surface area contributed by atoms with Crippen LogP contribution in [0.4, 0.5) is 0 Å². The summed E-state index contributed by atoms with van der Waals surface area (Å²) in [5, 5.41) is 12.9. The molecule has 0 spiro atoms. The summed E-state index contributed by atoms with van der Waals surface area (Å²) in [7, 11) is 1.97. The Morgan fingerprint density at radius 3 is 3.04 bits per heavy atom. The molecule has 1 saturated heterocycles. The maximum atomic E-state index is 12.0. The Balaban J connectivity index is 1.43. The zero-order chi connectivity index (χ0) is 16.2. The largest absolute Gasteiger partial charge is 0.391 e. The van der Waals surface area contributed by atoms with Crippen LogP contribution in [0.2, 0.25) is 0 Å². The van der Waals surface area contributed by atoms with Crippen molar-refractivity contribution in [1.29, 1.82) is 0 Å². The molecule has 0 aromatic heterocycles. The number of nitrogens with zero attached hydrogens (tertiary/aromatic N) is 1. The molecule has 2 aliphatic rings. The molecule has 1 amide bonds. The Bertz CT molecular complexity index is 561. The zero-order valence-corrected chi connectivity index (χ0v) is 13.8. The minimum atomic E-state index is -0.383. The lowest BCUT2D eigenvalue weighted by atomic mass is 9.99. The topological polar surface area (TPSA) is 61.8 Å². The van der Waals surface area contributed by atoms with Gasteiger partial charge in [-0.05, 0) is 36.6 Å². The van der Waals surface area contributed by atoms with Gasteiger partial charge in [0, 0.05) is 32.0 Å². The van der Waals surface area contributed by atoms with Crippen molar-refractivity contribution in [2.24, 2.45) is 5.92 Å². The van der Waals surface area contributed by atoms with E-state index in [0.717, 1.165) is 26.0 Å². The van der Waals surface area contributed by atoms with Crippen molar-refractivity contribution >= 4 is 5.91 Å². The van der Waals surface area contributed by atoms with Crippen molar-refractivity contribution in [3.05, 3.63) is 34.9 Å². The highest BCUT2D eigenvalue weighted by Gasteiger charge is 2.30. The number of hydrogen-bond donors (Lipinski definition) is 2. The molecule has 0 radical (unpaired) electrons. The highest BCUT2D eigenvalue weighted by atomic mass is 16.5. The summed E-state index contributed by atoms with van der Waals surface area (Å²) in [4.78, 5) is 14.1. The second kappa shape index (κ2) is 7.43. The van der Waals surface area contributed by atoms with E-state index in [1.807, 2.05) is 7.05 Å². The third-order valence-electron chi connectivity index (χ3n) is 4.82. The van der Waals surface area contributed by atoms with Gasteiger partial charge in [-0.3, -0.25) is 4.79 Å². The van der Waals surface area contributed by atoms with Crippen LogP contribution < -0.4 is 5.32 Å². The minimum absolute atomic E-state index is 0.0330. The molecule has 1 aromatic carbocycles. The number of nitrogens with one attached hydrogen (secondary N) is 1. The lowest BCUT2D eigenvalue weighted by molar-refractivity contribution is -0.122. The number of likely N-dealkylation sites (tertiary alicyclic amines) is 1. The van der Waals surface area contributed by atoms with Crippen LogP contribution in [0.15, 0.2) is 18.2 Å². The van der Waals surface area contributed by atoms with Crippen molar-refractivity contribution < 1.29 is 14.6 Å². The molecule has 2 heterocycles. The Hall–Kier alpha value is -1.43. The van der Waals surface area contributed by atoms with Gasteiger partial charge in [0.25, 0.3) is 0 Å². The van der Waals surface area contributed by atoms with E-state index in [-0.39, 0.29) is 17.9 Å². The number of aliphatic hydroxyl groups is 1. The molecule has 3 rings (SSSR count). The van der Waals surface area contributed by atoms with Gasteiger partial charge >= 0.3 is 0 Å². The molecule has 5 heteroatoms. The van der Waals surface area contributed by atoms with Crippen LogP contribution in [0.5, 0.6) is 0 Å². The molecule has 0 saturated carbocycles. The first-order chi connectivity index (χ1) is 11.1. The monoisotopic (exact) mass is 318 g/mol. The Morgan fingerprint density at radius 1 is 1.39 bits per heavy atom. The molecular formula is C18H26N2O3. The standard InChI is InChI=1S/C18H26N2O3/c1-20-10-15(17(21)11-20)9-18(22)19-6-4-13-2-3-14-5-7-23-12-16(14)8-13/h2-3,8,15,17,21H,4-7,9-12H2,1H3,(H,19,22)/t15-,17-/m1/s1. The van der Waals surface area contributed by atoms with Crippen LogP contribution in [0.1, 0.15) is 23.1 Å². The van der Waals surface area contributed by atoms with Gasteiger partial charge in [0.1, 0.15) is 0 Å². The predicted octanol–water partition coefficient (Wildman–Crippen LogP) is 0.731. The van der Waals surface area contributed by atoms with Gasteiger partial charge in [-0.1, -0.05) is 18.2 Å². The van der Waals surface area contributed by atoms with Gasteiger partial charge in [-0.25, -0.2) is 0 Å². The van der Waals surface area contributed by atoms with Crippen molar-refractivity contribution in [1.82, 2.24) is 10.2 Å². The number of carbonyl (C=O) groups is 1. The van der Waals surface area contributed by atoms with Crippen LogP contribution in [0.3, 0.4) is 0 Å². The highest BCUT2D eigenvalue weighted by Crippen LogP contribution is 2.19. The van der Waals surface area contributed by atoms with Crippen LogP contribution >= 0.6 is 0 Å². The number of carbonyl (C=O) groups excluding carboxylic acids is 1. The second-order valence-electron chi connectivity index (χ2n) is 6.76. The van der Waals surface area contributed by atoms with E-state index in [0.29, 0.717) is 26.1 Å². The molecule has 0 aliphatic carbocycles. The number of ether oxygens (including phenoxy) is 1. The number of likely N-dealkylation sites (N-methyl/N-ethyl adjacent to an activating group) is 1. The van der Waals surface area contributed by atoms with Gasteiger partial charge in [-0.2, -0.15) is 0 Å². The molecule has 2 N–H and O–H groups in total. The van der Waals surface area contributed by atoms with Crippen molar-refractivity contribution in [3.63, 3.8) is 0 Å². The lowest BCUT2D eigenvalue weighted by Crippen LogP contribution is -2.30. The van der Waals surface area contributed by atoms with Gasteiger partial charge in [0.15, 0.2) is 0 Å². The molecule has 23 heavy (non-hydrogen) atoms. The third kappa shape index (κ3) is 4.31. The Labute approximate surface area is 137 Å². The third-order valence-corrected chi connectivity index (χ3v) is 4.82. The van der Waals surface area contributed by atoms with E-state index in [1.165, 1.54) is 16.7 Å². The molecule has 0 bridgehead atoms. The first-order valence-corrected chi connectivity index (χ1v) is 8.43. The molecule has 1 aromatic rings. The Morgan fingerprint density at radius 2 is 2.26 bits per heavy atom. The number of rotatable bonds is 5. The SMILES string of the molecule is CN1C[C@@H](CC(=O)NCCc2ccc3c(c2)COCC3)[C@H](O)C1. The number of benzene rings is 1. The molecular weight excluding hydrogens is 292 g/mol. The fourth-order valence-corrected chi connectivity index (χ4v) is 3.50. The molecule has 2 atom stereocenters. The van der Waals surface area contributed by atoms with Crippen molar-refractivity contribution in [3.8, 4) is 0 Å². The summed E-state index contributed by atoms with van der Waals surface area (Å²) in [6.45, 7) is 3.60. The van der Waals surface area contributed by atoms with Crippen LogP contribution in [0, 0.1) is 5.92 Å². The first kappa shape index (κ1) is 16.4.